The highest BCUT2D eigenvalue weighted by atomic mass is 32.2. The molecule has 1 aliphatic carbocycles. The Morgan fingerprint density at radius 2 is 1.77 bits per heavy atom. The van der Waals surface area contributed by atoms with Crippen LogP contribution < -0.4 is 10.2 Å². The SMILES string of the molecule is C=CC(=O)N1CCC(S(=O)(=O)c2ccc(N3CC(CN4CCC([C@@](C#N)(c5cccc(F)c5)[C@H]5CCC[C@@H]5NC(=O)O)CC4)C3)cc2)C1. The number of hydrogen-bond donors (Lipinski definition) is 2. The summed E-state index contributed by atoms with van der Waals surface area (Å²) in [6.07, 6.45) is 4.29. The van der Waals surface area contributed by atoms with Crippen molar-refractivity contribution in [2.45, 2.75) is 60.1 Å². The summed E-state index contributed by atoms with van der Waals surface area (Å²) in [5.74, 6) is -0.429. The van der Waals surface area contributed by atoms with Gasteiger partial charge in [-0.25, -0.2) is 17.6 Å². The molecule has 4 aliphatic rings. The molecule has 3 aliphatic heterocycles. The van der Waals surface area contributed by atoms with E-state index >= 15 is 0 Å². The molecule has 1 saturated carbocycles. The van der Waals surface area contributed by atoms with Crippen molar-refractivity contribution in [3.05, 3.63) is 72.6 Å². The second kappa shape index (κ2) is 13.9. The van der Waals surface area contributed by atoms with Gasteiger partial charge in [-0.2, -0.15) is 5.26 Å². The molecule has 0 spiro atoms. The standard InChI is InChI=1S/C36H44FN5O5S/c1-2-34(43)41-18-15-31(23-41)48(46,47)30-11-9-29(10-12-30)42-21-25(22-42)20-40-16-13-26(14-17-40)36(24-38,27-5-3-6-28(37)19-27)32-7-4-8-33(32)39-35(44)45/h2-3,5-6,9-12,19,25-26,31-33,39H,1,4,7-8,13-18,20-23H2,(H,44,45)/t31?,32-,33-,36-/m0/s1. The third-order valence-corrected chi connectivity index (χ3v) is 13.4. The van der Waals surface area contributed by atoms with Gasteiger partial charge in [0.25, 0.3) is 0 Å². The van der Waals surface area contributed by atoms with Crippen LogP contribution in [-0.4, -0.2) is 92.4 Å². The summed E-state index contributed by atoms with van der Waals surface area (Å²) in [5, 5.41) is 22.4. The number of nitrogens with zero attached hydrogens (tertiary/aromatic N) is 4. The molecule has 0 radical (unpaired) electrons. The molecule has 2 amide bonds. The molecule has 256 valence electrons. The molecule has 2 N–H and O–H groups in total. The Labute approximate surface area is 282 Å². The van der Waals surface area contributed by atoms with E-state index in [4.69, 9.17) is 0 Å². The molecule has 2 aromatic rings. The van der Waals surface area contributed by atoms with Crippen LogP contribution in [0.5, 0.6) is 0 Å². The average Bonchev–Trinajstić information content (AvgIpc) is 3.75. The van der Waals surface area contributed by atoms with Gasteiger partial charge in [0.1, 0.15) is 5.82 Å². The zero-order valence-corrected chi connectivity index (χ0v) is 28.0. The van der Waals surface area contributed by atoms with Gasteiger partial charge in [0, 0.05) is 56.3 Å². The summed E-state index contributed by atoms with van der Waals surface area (Å²) >= 11 is 0. The van der Waals surface area contributed by atoms with Crippen LogP contribution in [0.3, 0.4) is 0 Å². The monoisotopic (exact) mass is 677 g/mol. The van der Waals surface area contributed by atoms with Crippen LogP contribution in [-0.2, 0) is 20.0 Å². The lowest BCUT2D eigenvalue weighted by molar-refractivity contribution is -0.124. The van der Waals surface area contributed by atoms with Gasteiger partial charge in [-0.3, -0.25) is 4.79 Å². The summed E-state index contributed by atoms with van der Waals surface area (Å²) in [7, 11) is -3.55. The minimum atomic E-state index is -3.55. The van der Waals surface area contributed by atoms with Crippen LogP contribution in [0.2, 0.25) is 0 Å². The summed E-state index contributed by atoms with van der Waals surface area (Å²) < 4.78 is 40.9. The Morgan fingerprint density at radius 3 is 2.42 bits per heavy atom. The van der Waals surface area contributed by atoms with E-state index in [1.807, 2.05) is 18.2 Å². The first-order valence-electron chi connectivity index (χ1n) is 16.9. The van der Waals surface area contributed by atoms with Gasteiger partial charge in [0.2, 0.25) is 5.91 Å². The minimum Gasteiger partial charge on any atom is -0.465 e. The van der Waals surface area contributed by atoms with Crippen molar-refractivity contribution >= 4 is 27.5 Å². The number of sulfone groups is 1. The van der Waals surface area contributed by atoms with E-state index in [1.54, 1.807) is 18.2 Å². The van der Waals surface area contributed by atoms with E-state index in [2.05, 4.69) is 27.8 Å². The number of rotatable bonds is 10. The molecular formula is C36H44FN5O5S. The van der Waals surface area contributed by atoms with E-state index in [9.17, 15) is 32.8 Å². The fraction of sp³-hybridized carbons (Fsp3) is 0.528. The number of likely N-dealkylation sites (tertiary alicyclic amines) is 2. The molecular weight excluding hydrogens is 633 g/mol. The molecule has 2 aromatic carbocycles. The lowest BCUT2D eigenvalue weighted by Gasteiger charge is -2.48. The molecule has 12 heteroatoms. The van der Waals surface area contributed by atoms with Crippen LogP contribution in [0.4, 0.5) is 14.9 Å². The van der Waals surface area contributed by atoms with Crippen LogP contribution in [0.15, 0.2) is 66.1 Å². The Kier molecular flexibility index (Phi) is 9.81. The van der Waals surface area contributed by atoms with Crippen LogP contribution in [0.25, 0.3) is 0 Å². The van der Waals surface area contributed by atoms with Gasteiger partial charge in [-0.1, -0.05) is 25.1 Å². The fourth-order valence-electron chi connectivity index (χ4n) is 8.76. The van der Waals surface area contributed by atoms with E-state index in [0.717, 1.165) is 64.1 Å². The molecule has 6 rings (SSSR count). The molecule has 1 unspecified atom stereocenters. The lowest BCUT2D eigenvalue weighted by atomic mass is 9.59. The highest BCUT2D eigenvalue weighted by Gasteiger charge is 2.52. The number of benzene rings is 2. The molecule has 0 aromatic heterocycles. The third-order valence-electron chi connectivity index (χ3n) is 11.2. The number of carboxylic acid groups (broad SMARTS) is 1. The molecule has 0 bridgehead atoms. The highest BCUT2D eigenvalue weighted by Crippen LogP contribution is 2.50. The summed E-state index contributed by atoms with van der Waals surface area (Å²) in [6.45, 7) is 8.37. The number of nitrogens with one attached hydrogen (secondary N) is 1. The minimum absolute atomic E-state index is 0.0239. The lowest BCUT2D eigenvalue weighted by Crippen LogP contribution is -2.55. The number of hydrogen-bond acceptors (Lipinski definition) is 7. The molecule has 48 heavy (non-hydrogen) atoms. The van der Waals surface area contributed by atoms with Crippen molar-refractivity contribution < 1.29 is 27.5 Å². The topological polar surface area (TPSA) is 134 Å². The Morgan fingerprint density at radius 1 is 1.04 bits per heavy atom. The Bertz CT molecular complexity index is 1670. The normalized spacial score (nSPS) is 25.2. The maximum Gasteiger partial charge on any atom is 0.404 e. The van der Waals surface area contributed by atoms with Gasteiger partial charge >= 0.3 is 6.09 Å². The highest BCUT2D eigenvalue weighted by molar-refractivity contribution is 7.92. The number of halogens is 1. The largest absolute Gasteiger partial charge is 0.465 e. The first kappa shape index (κ1) is 33.9. The number of carbonyl (C=O) groups is 2. The molecule has 3 heterocycles. The van der Waals surface area contributed by atoms with E-state index < -0.39 is 32.4 Å². The van der Waals surface area contributed by atoms with Crippen molar-refractivity contribution in [3.63, 3.8) is 0 Å². The zero-order chi connectivity index (χ0) is 34.1. The predicted molar refractivity (Wildman–Crippen MR) is 180 cm³/mol. The van der Waals surface area contributed by atoms with E-state index in [-0.39, 0.29) is 35.2 Å². The maximum absolute atomic E-state index is 14.5. The number of piperidine rings is 1. The number of carbonyl (C=O) groups excluding carboxylic acids is 1. The fourth-order valence-corrected chi connectivity index (χ4v) is 10.4. The smallest absolute Gasteiger partial charge is 0.404 e. The van der Waals surface area contributed by atoms with Gasteiger partial charge in [0.15, 0.2) is 9.84 Å². The average molecular weight is 678 g/mol. The van der Waals surface area contributed by atoms with E-state index in [1.165, 1.54) is 23.1 Å². The van der Waals surface area contributed by atoms with Crippen molar-refractivity contribution in [2.75, 3.05) is 50.7 Å². The summed E-state index contributed by atoms with van der Waals surface area (Å²) in [4.78, 5) is 30.0. The van der Waals surface area contributed by atoms with Gasteiger partial charge in [0.05, 0.1) is 21.6 Å². The van der Waals surface area contributed by atoms with Gasteiger partial charge in [-0.15, -0.1) is 0 Å². The van der Waals surface area contributed by atoms with Gasteiger partial charge < -0.3 is 25.1 Å². The second-order valence-corrected chi connectivity index (χ2v) is 16.1. The molecule has 3 saturated heterocycles. The first-order valence-corrected chi connectivity index (χ1v) is 18.5. The van der Waals surface area contributed by atoms with Crippen LogP contribution >= 0.6 is 0 Å². The van der Waals surface area contributed by atoms with E-state index in [0.29, 0.717) is 30.9 Å². The molecule has 10 nitrogen and oxygen atoms in total. The molecule has 4 fully saturated rings. The molecule has 4 atom stereocenters. The number of anilines is 1. The quantitative estimate of drug-likeness (QED) is 0.353. The summed E-state index contributed by atoms with van der Waals surface area (Å²) in [6, 6.07) is 15.7. The predicted octanol–water partition coefficient (Wildman–Crippen LogP) is 4.43. The first-order chi connectivity index (χ1) is 23.0. The zero-order valence-electron chi connectivity index (χ0n) is 27.1. The second-order valence-electron chi connectivity index (χ2n) is 13.9. The van der Waals surface area contributed by atoms with Crippen molar-refractivity contribution in [2.24, 2.45) is 17.8 Å². The van der Waals surface area contributed by atoms with Crippen molar-refractivity contribution in [3.8, 4) is 6.07 Å². The van der Waals surface area contributed by atoms with Gasteiger partial charge in [-0.05, 0) is 99.1 Å². The number of amides is 2. The maximum atomic E-state index is 14.5. The Balaban J connectivity index is 1.05. The van der Waals surface area contributed by atoms with Crippen molar-refractivity contribution in [1.29, 1.82) is 5.26 Å². The van der Waals surface area contributed by atoms with Crippen LogP contribution in [0, 0.1) is 34.9 Å². The van der Waals surface area contributed by atoms with Crippen LogP contribution in [0.1, 0.15) is 44.1 Å². The number of nitriles is 1. The Hall–Kier alpha value is -3.95. The summed E-state index contributed by atoms with van der Waals surface area (Å²) in [5.41, 5.74) is 0.646. The third kappa shape index (κ3) is 6.54. The van der Waals surface area contributed by atoms with Crippen molar-refractivity contribution in [1.82, 2.24) is 15.1 Å².